The molecular weight excluding hydrogens is 776 g/mol. The number of aliphatic hydroxyl groups is 7. The number of carboxylic acid groups (broad SMARTS) is 1. The Hall–Kier alpha value is -4.87. The monoisotopic (exact) mass is 824 g/mol. The Bertz CT molecular complexity index is 1720. The van der Waals surface area contributed by atoms with Crippen molar-refractivity contribution in [1.29, 1.82) is 0 Å². The summed E-state index contributed by atoms with van der Waals surface area (Å²) in [5.74, 6) is -3.02. The van der Waals surface area contributed by atoms with E-state index in [0.29, 0.717) is 11.1 Å². The van der Waals surface area contributed by atoms with Gasteiger partial charge in [-0.3, -0.25) is 9.59 Å². The molecule has 2 aliphatic rings. The summed E-state index contributed by atoms with van der Waals surface area (Å²) in [6, 6.07) is 8.88. The third-order valence-electron chi connectivity index (χ3n) is 9.02. The summed E-state index contributed by atoms with van der Waals surface area (Å²) in [5.41, 5.74) is -0.867. The summed E-state index contributed by atoms with van der Waals surface area (Å²) < 4.78 is 43.7. The number of phenols is 1. The second kappa shape index (κ2) is 20.7. The average molecular weight is 825 g/mol. The Balaban J connectivity index is 1.36. The number of methoxy groups -OCH3 is 2. The molecule has 0 amide bonds. The number of aliphatic hydroxyl groups excluding tert-OH is 7. The second-order valence-electron chi connectivity index (χ2n) is 13.5. The summed E-state index contributed by atoms with van der Waals surface area (Å²) in [7, 11) is 2.63. The molecule has 2 saturated heterocycles. The van der Waals surface area contributed by atoms with Gasteiger partial charge in [-0.1, -0.05) is 18.2 Å². The minimum Gasteiger partial charge on any atom is -0.508 e. The predicted molar refractivity (Wildman–Crippen MR) is 195 cm³/mol. The molecule has 9 N–H and O–H groups in total. The molecule has 0 radical (unpaired) electrons. The molecule has 0 bridgehead atoms. The van der Waals surface area contributed by atoms with Gasteiger partial charge in [-0.25, -0.2) is 4.79 Å². The highest BCUT2D eigenvalue weighted by Crippen LogP contribution is 2.41. The lowest BCUT2D eigenvalue weighted by molar-refractivity contribution is -0.325. The van der Waals surface area contributed by atoms with Crippen LogP contribution in [0.4, 0.5) is 0 Å². The van der Waals surface area contributed by atoms with Crippen LogP contribution in [0.3, 0.4) is 0 Å². The molecule has 2 aliphatic heterocycles. The van der Waals surface area contributed by atoms with Crippen molar-refractivity contribution >= 4 is 30.1 Å². The number of aliphatic carboxylic acids is 1. The molecule has 0 aromatic heterocycles. The Kier molecular flexibility index (Phi) is 16.4. The SMILES string of the molecule is COc1cc(/C=C/COC(=O)C[C@@](C)(CC(=O)O)O[C@H]2O[C@@H](COC(=O)/C=C\c3ccc(O)cc3)[C@H](O)[C@@H](O)[C@@H]2O)cc(OC)c1O[C@@H]1O[C@H](CO)[C@@H](O)[C@H](O)[C@H]1O. The second-order valence-corrected chi connectivity index (χ2v) is 13.5. The number of benzene rings is 2. The molecule has 2 aromatic rings. The maximum Gasteiger partial charge on any atom is 0.330 e. The topological polar surface area (TPSA) is 307 Å². The molecule has 0 unspecified atom stereocenters. The first kappa shape index (κ1) is 45.8. The van der Waals surface area contributed by atoms with Crippen molar-refractivity contribution in [3.63, 3.8) is 0 Å². The minimum atomic E-state index is -1.91. The van der Waals surface area contributed by atoms with Crippen molar-refractivity contribution in [2.45, 2.75) is 86.8 Å². The van der Waals surface area contributed by atoms with Gasteiger partial charge < -0.3 is 83.9 Å². The van der Waals surface area contributed by atoms with Crippen LogP contribution in [-0.2, 0) is 38.1 Å². The summed E-state index contributed by atoms with van der Waals surface area (Å²) in [6.07, 6.45) is -12.6. The first-order chi connectivity index (χ1) is 27.5. The van der Waals surface area contributed by atoms with Gasteiger partial charge in [0, 0.05) is 6.08 Å². The van der Waals surface area contributed by atoms with Gasteiger partial charge in [-0.15, -0.1) is 0 Å². The van der Waals surface area contributed by atoms with Crippen molar-refractivity contribution in [3.05, 3.63) is 59.7 Å². The van der Waals surface area contributed by atoms with Crippen LogP contribution in [0.2, 0.25) is 0 Å². The number of phenolic OH excluding ortho intramolecular Hbond substituents is 1. The van der Waals surface area contributed by atoms with Crippen molar-refractivity contribution in [2.75, 3.05) is 34.0 Å². The molecule has 0 saturated carbocycles. The maximum atomic E-state index is 12.9. The van der Waals surface area contributed by atoms with Crippen molar-refractivity contribution in [2.24, 2.45) is 0 Å². The molecule has 58 heavy (non-hydrogen) atoms. The molecule has 2 heterocycles. The number of carboxylic acids is 1. The van der Waals surface area contributed by atoms with Gasteiger partial charge in [-0.05, 0) is 54.5 Å². The van der Waals surface area contributed by atoms with E-state index in [2.05, 4.69) is 0 Å². The van der Waals surface area contributed by atoms with Crippen LogP contribution in [0.25, 0.3) is 12.2 Å². The molecule has 0 spiro atoms. The maximum absolute atomic E-state index is 12.9. The standard InChI is InChI=1S/C38H48O20/c1-38(15-26(41)42,58-37-34(50)32(48)30(46)25(56-37)18-54-27(43)11-8-19-6-9-21(40)10-7-19)16-28(44)53-12-4-5-20-13-22(51-2)35(23(14-20)52-3)57-36-33(49)31(47)29(45)24(17-39)55-36/h4-11,13-14,24-25,29-34,36-37,39-40,45-50H,12,15-18H2,1-3H3,(H,41,42)/b5-4+,11-8-/t24-,25+,29-,30+,31+,32-,33-,34+,36+,37-,38-/m1/s1. The van der Waals surface area contributed by atoms with Crippen molar-refractivity contribution in [1.82, 2.24) is 0 Å². The molecule has 4 rings (SSSR count). The fourth-order valence-corrected chi connectivity index (χ4v) is 5.93. The van der Waals surface area contributed by atoms with Gasteiger partial charge in [-0.2, -0.15) is 0 Å². The van der Waals surface area contributed by atoms with E-state index in [-0.39, 0.29) is 29.6 Å². The first-order valence-electron chi connectivity index (χ1n) is 17.8. The zero-order valence-electron chi connectivity index (χ0n) is 31.6. The first-order valence-corrected chi connectivity index (χ1v) is 17.8. The van der Waals surface area contributed by atoms with Gasteiger partial charge in [0.05, 0.1) is 39.3 Å². The number of aromatic hydroxyl groups is 1. The van der Waals surface area contributed by atoms with E-state index in [1.807, 2.05) is 0 Å². The number of hydrogen-bond acceptors (Lipinski definition) is 19. The highest BCUT2D eigenvalue weighted by molar-refractivity contribution is 5.87. The van der Waals surface area contributed by atoms with Crippen LogP contribution in [0.1, 0.15) is 30.9 Å². The molecule has 20 heteroatoms. The Labute approximate surface area is 331 Å². The van der Waals surface area contributed by atoms with Gasteiger partial charge in [0.1, 0.15) is 67.8 Å². The van der Waals surface area contributed by atoms with Crippen LogP contribution >= 0.6 is 0 Å². The van der Waals surface area contributed by atoms with Gasteiger partial charge in [0.15, 0.2) is 17.8 Å². The van der Waals surface area contributed by atoms with E-state index in [1.54, 1.807) is 12.1 Å². The third-order valence-corrected chi connectivity index (χ3v) is 9.02. The predicted octanol–water partition coefficient (Wildman–Crippen LogP) is -1.15. The largest absolute Gasteiger partial charge is 0.508 e. The molecule has 0 aliphatic carbocycles. The Morgan fingerprint density at radius 1 is 0.759 bits per heavy atom. The van der Waals surface area contributed by atoms with Gasteiger partial charge in [0.25, 0.3) is 0 Å². The zero-order chi connectivity index (χ0) is 42.7. The fraction of sp³-hybridized carbons (Fsp3) is 0.500. The van der Waals surface area contributed by atoms with Gasteiger partial charge >= 0.3 is 17.9 Å². The zero-order valence-corrected chi connectivity index (χ0v) is 31.6. The van der Waals surface area contributed by atoms with E-state index in [4.69, 9.17) is 37.9 Å². The van der Waals surface area contributed by atoms with E-state index in [0.717, 1.165) is 6.08 Å². The summed E-state index contributed by atoms with van der Waals surface area (Å²) >= 11 is 0. The van der Waals surface area contributed by atoms with Crippen LogP contribution in [0, 0.1) is 0 Å². The quantitative estimate of drug-likeness (QED) is 0.0633. The summed E-state index contributed by atoms with van der Waals surface area (Å²) in [4.78, 5) is 37.0. The number of rotatable bonds is 18. The lowest BCUT2D eigenvalue weighted by Crippen LogP contribution is -2.61. The van der Waals surface area contributed by atoms with E-state index in [9.17, 15) is 60.3 Å². The average Bonchev–Trinajstić information content (AvgIpc) is 3.18. The normalized spacial score (nSPS) is 28.4. The van der Waals surface area contributed by atoms with E-state index in [1.165, 1.54) is 63.6 Å². The van der Waals surface area contributed by atoms with Crippen molar-refractivity contribution in [3.8, 4) is 23.0 Å². The van der Waals surface area contributed by atoms with E-state index < -0.39 is 111 Å². The highest BCUT2D eigenvalue weighted by atomic mass is 16.7. The Morgan fingerprint density at radius 2 is 1.34 bits per heavy atom. The van der Waals surface area contributed by atoms with Crippen LogP contribution in [-0.4, -0.2) is 165 Å². The van der Waals surface area contributed by atoms with Crippen LogP contribution in [0.15, 0.2) is 48.6 Å². The molecule has 20 nitrogen and oxygen atoms in total. The Morgan fingerprint density at radius 3 is 1.93 bits per heavy atom. The fourth-order valence-electron chi connectivity index (χ4n) is 5.93. The lowest BCUT2D eigenvalue weighted by Gasteiger charge is -2.43. The van der Waals surface area contributed by atoms with Crippen LogP contribution in [0.5, 0.6) is 23.0 Å². The number of carbonyl (C=O) groups is 3. The third kappa shape index (κ3) is 12.1. The molecular formula is C38H48O20. The minimum absolute atomic E-state index is 0.0294. The molecule has 320 valence electrons. The van der Waals surface area contributed by atoms with Crippen LogP contribution < -0.4 is 14.2 Å². The number of carbonyl (C=O) groups excluding carboxylic acids is 2. The molecule has 2 aromatic carbocycles. The smallest absolute Gasteiger partial charge is 0.330 e. The molecule has 2 fully saturated rings. The molecule has 11 atom stereocenters. The summed E-state index contributed by atoms with van der Waals surface area (Å²) in [5, 5.41) is 90.7. The van der Waals surface area contributed by atoms with Gasteiger partial charge in [0.2, 0.25) is 12.0 Å². The number of ether oxygens (including phenoxy) is 8. The number of esters is 2. The number of hydrogen-bond donors (Lipinski definition) is 9. The highest BCUT2D eigenvalue weighted by Gasteiger charge is 2.48. The lowest BCUT2D eigenvalue weighted by atomic mass is 9.95. The van der Waals surface area contributed by atoms with E-state index >= 15 is 0 Å². The summed E-state index contributed by atoms with van der Waals surface area (Å²) in [6.45, 7) is -0.366. The van der Waals surface area contributed by atoms with Crippen molar-refractivity contribution < 1.29 is 98.2 Å².